The van der Waals surface area contributed by atoms with Crippen LogP contribution < -0.4 is 10.2 Å². The largest absolute Gasteiger partial charge is 0.507 e. The molecular formula is C28H36O8. The van der Waals surface area contributed by atoms with Crippen molar-refractivity contribution in [3.63, 3.8) is 0 Å². The quantitative estimate of drug-likeness (QED) is 0.140. The van der Waals surface area contributed by atoms with Gasteiger partial charge < -0.3 is 34.7 Å². The average Bonchev–Trinajstić information content (AvgIpc) is 2.86. The number of aliphatic hydroxyl groups excluding tert-OH is 1. The zero-order valence-electron chi connectivity index (χ0n) is 20.8. The highest BCUT2D eigenvalue weighted by Gasteiger charge is 2.23. The lowest BCUT2D eigenvalue weighted by molar-refractivity contribution is 0.282. The maximum atomic E-state index is 13.1. The smallest absolute Gasteiger partial charge is 0.238 e. The monoisotopic (exact) mass is 500 g/mol. The van der Waals surface area contributed by atoms with Gasteiger partial charge in [-0.3, -0.25) is 4.79 Å². The van der Waals surface area contributed by atoms with Gasteiger partial charge in [-0.2, -0.15) is 0 Å². The summed E-state index contributed by atoms with van der Waals surface area (Å²) in [7, 11) is 1.40. The maximum Gasteiger partial charge on any atom is 0.238 e. The predicted octanol–water partition coefficient (Wildman–Crippen LogP) is 5.73. The fourth-order valence-electron chi connectivity index (χ4n) is 4.49. The Balaban J connectivity index is 1.70. The summed E-state index contributed by atoms with van der Waals surface area (Å²) in [5.41, 5.74) is 0.0125. The number of aliphatic hydroxyl groups is 1. The minimum absolute atomic E-state index is 0.0377. The normalized spacial score (nSPS) is 11.3. The van der Waals surface area contributed by atoms with Gasteiger partial charge in [-0.1, -0.05) is 51.4 Å². The van der Waals surface area contributed by atoms with Crippen molar-refractivity contribution in [2.24, 2.45) is 0 Å². The highest BCUT2D eigenvalue weighted by atomic mass is 16.5. The van der Waals surface area contributed by atoms with Gasteiger partial charge in [-0.05, 0) is 37.5 Å². The van der Waals surface area contributed by atoms with Crippen LogP contribution in [0, 0.1) is 0 Å². The Morgan fingerprint density at radius 3 is 1.97 bits per heavy atom. The molecule has 0 saturated heterocycles. The first-order valence-corrected chi connectivity index (χ1v) is 12.6. The summed E-state index contributed by atoms with van der Waals surface area (Å²) in [6.07, 6.45) is 11.3. The minimum atomic E-state index is -0.712. The lowest BCUT2D eigenvalue weighted by atomic mass is 10.00. The number of phenolic OH excluding ortho intramolecular Hbond substituents is 3. The minimum Gasteiger partial charge on any atom is -0.507 e. The van der Waals surface area contributed by atoms with Crippen molar-refractivity contribution in [2.45, 2.75) is 70.6 Å². The van der Waals surface area contributed by atoms with Crippen molar-refractivity contribution < 1.29 is 34.7 Å². The number of methoxy groups -OCH3 is 1. The summed E-state index contributed by atoms with van der Waals surface area (Å²) in [5, 5.41) is 49.4. The second-order valence-corrected chi connectivity index (χ2v) is 9.10. The second kappa shape index (κ2) is 13.1. The molecule has 0 aliphatic heterocycles. The predicted molar refractivity (Wildman–Crippen MR) is 138 cm³/mol. The molecule has 0 unspecified atom stereocenters. The van der Waals surface area contributed by atoms with E-state index in [2.05, 4.69) is 0 Å². The lowest BCUT2D eigenvalue weighted by Gasteiger charge is -2.14. The number of hydrogen-bond acceptors (Lipinski definition) is 8. The molecule has 3 rings (SSSR count). The van der Waals surface area contributed by atoms with Crippen LogP contribution in [0.1, 0.15) is 69.8 Å². The molecule has 1 heterocycles. The molecule has 196 valence electrons. The van der Waals surface area contributed by atoms with Crippen molar-refractivity contribution in [1.29, 1.82) is 0 Å². The van der Waals surface area contributed by atoms with Gasteiger partial charge in [0.2, 0.25) is 11.2 Å². The zero-order chi connectivity index (χ0) is 26.1. The summed E-state index contributed by atoms with van der Waals surface area (Å²) in [4.78, 5) is 13.1. The van der Waals surface area contributed by atoms with E-state index < -0.39 is 16.9 Å². The van der Waals surface area contributed by atoms with Gasteiger partial charge >= 0.3 is 0 Å². The van der Waals surface area contributed by atoms with E-state index in [0.717, 1.165) is 38.5 Å². The molecule has 36 heavy (non-hydrogen) atoms. The molecule has 0 amide bonds. The molecule has 0 spiro atoms. The highest BCUT2D eigenvalue weighted by Crippen LogP contribution is 2.40. The van der Waals surface area contributed by atoms with Gasteiger partial charge in [0.1, 0.15) is 22.5 Å². The molecule has 0 bridgehead atoms. The van der Waals surface area contributed by atoms with Gasteiger partial charge in [0, 0.05) is 23.8 Å². The lowest BCUT2D eigenvalue weighted by Crippen LogP contribution is -2.07. The molecule has 0 saturated carbocycles. The first-order chi connectivity index (χ1) is 17.4. The Morgan fingerprint density at radius 2 is 1.39 bits per heavy atom. The molecule has 5 N–H and O–H groups in total. The number of unbranched alkanes of at least 4 members (excludes halogenated alkanes) is 9. The number of phenols is 3. The third kappa shape index (κ3) is 6.43. The summed E-state index contributed by atoms with van der Waals surface area (Å²) in [5.74, 6) is -1.50. The Labute approximate surface area is 210 Å². The summed E-state index contributed by atoms with van der Waals surface area (Å²) in [6.45, 7) is 0.274. The molecule has 0 aliphatic carbocycles. The highest BCUT2D eigenvalue weighted by molar-refractivity contribution is 5.90. The number of aromatic hydroxyl groups is 4. The van der Waals surface area contributed by atoms with Gasteiger partial charge in [0.15, 0.2) is 17.3 Å². The fraction of sp³-hybridized carbons (Fsp3) is 0.464. The zero-order valence-corrected chi connectivity index (χ0v) is 20.8. The van der Waals surface area contributed by atoms with E-state index in [1.807, 2.05) is 0 Å². The molecule has 0 aliphatic rings. The molecule has 2 aromatic carbocycles. The SMILES string of the molecule is COc1c(CCCCCCCCCCCCO)c(O)cc2oc(-c3ccc(O)c(O)c3)c(O)c(=O)c12. The Kier molecular flexibility index (Phi) is 9.87. The summed E-state index contributed by atoms with van der Waals surface area (Å²) in [6, 6.07) is 5.12. The molecule has 0 fully saturated rings. The molecule has 3 aromatic rings. The van der Waals surface area contributed by atoms with E-state index in [-0.39, 0.29) is 46.1 Å². The number of rotatable bonds is 14. The molecule has 1 aromatic heterocycles. The van der Waals surface area contributed by atoms with Gasteiger partial charge in [0.05, 0.1) is 7.11 Å². The van der Waals surface area contributed by atoms with E-state index in [9.17, 15) is 25.2 Å². The number of benzene rings is 2. The standard InChI is InChI=1S/C28H36O8/c1-35-28-19(12-10-8-6-4-2-3-5-7-9-11-15-29)21(31)17-23-24(28)25(33)26(34)27(36-23)18-13-14-20(30)22(32)16-18/h13-14,16-17,29-32,34H,2-12,15H2,1H3. The number of ether oxygens (including phenoxy) is 1. The van der Waals surface area contributed by atoms with Gasteiger partial charge in [-0.15, -0.1) is 0 Å². The van der Waals surface area contributed by atoms with Crippen molar-refractivity contribution in [3.8, 4) is 40.1 Å². The molecule has 8 nitrogen and oxygen atoms in total. The van der Waals surface area contributed by atoms with Crippen LogP contribution in [0.3, 0.4) is 0 Å². The summed E-state index contributed by atoms with van der Waals surface area (Å²) < 4.78 is 11.2. The van der Waals surface area contributed by atoms with E-state index in [4.69, 9.17) is 14.3 Å². The van der Waals surface area contributed by atoms with E-state index >= 15 is 0 Å². The average molecular weight is 501 g/mol. The van der Waals surface area contributed by atoms with Gasteiger partial charge in [-0.25, -0.2) is 0 Å². The van der Waals surface area contributed by atoms with Crippen molar-refractivity contribution in [1.82, 2.24) is 0 Å². The van der Waals surface area contributed by atoms with Crippen LogP contribution in [0.25, 0.3) is 22.3 Å². The molecule has 0 radical (unpaired) electrons. The van der Waals surface area contributed by atoms with E-state index in [1.165, 1.54) is 57.1 Å². The van der Waals surface area contributed by atoms with Crippen LogP contribution in [0.5, 0.6) is 28.7 Å². The van der Waals surface area contributed by atoms with Crippen molar-refractivity contribution in [2.75, 3.05) is 13.7 Å². The Hall–Kier alpha value is -3.39. The molecule has 0 atom stereocenters. The van der Waals surface area contributed by atoms with E-state index in [1.54, 1.807) is 0 Å². The first-order valence-electron chi connectivity index (χ1n) is 12.6. The van der Waals surface area contributed by atoms with Crippen LogP contribution in [-0.4, -0.2) is 39.2 Å². The Morgan fingerprint density at radius 1 is 0.778 bits per heavy atom. The number of hydrogen-bond donors (Lipinski definition) is 5. The fourth-order valence-corrected chi connectivity index (χ4v) is 4.49. The summed E-state index contributed by atoms with van der Waals surface area (Å²) >= 11 is 0. The molecule has 8 heteroatoms. The van der Waals surface area contributed by atoms with Crippen LogP contribution in [0.4, 0.5) is 0 Å². The van der Waals surface area contributed by atoms with Crippen molar-refractivity contribution in [3.05, 3.63) is 40.1 Å². The number of fused-ring (bicyclic) bond motifs is 1. The maximum absolute atomic E-state index is 13.1. The van der Waals surface area contributed by atoms with Crippen LogP contribution >= 0.6 is 0 Å². The third-order valence-electron chi connectivity index (χ3n) is 6.47. The van der Waals surface area contributed by atoms with Crippen LogP contribution in [-0.2, 0) is 6.42 Å². The molecular weight excluding hydrogens is 464 g/mol. The van der Waals surface area contributed by atoms with Crippen molar-refractivity contribution >= 4 is 11.0 Å². The van der Waals surface area contributed by atoms with E-state index in [0.29, 0.717) is 12.0 Å². The second-order valence-electron chi connectivity index (χ2n) is 9.10. The Bertz CT molecular complexity index is 1210. The van der Waals surface area contributed by atoms with Crippen LogP contribution in [0.2, 0.25) is 0 Å². The topological polar surface area (TPSA) is 141 Å². The van der Waals surface area contributed by atoms with Gasteiger partial charge in [0.25, 0.3) is 0 Å². The first kappa shape index (κ1) is 27.2. The van der Waals surface area contributed by atoms with Crippen LogP contribution in [0.15, 0.2) is 33.5 Å². The third-order valence-corrected chi connectivity index (χ3v) is 6.47.